The number of nitrogens with zero attached hydrogens (tertiary/aromatic N) is 2. The van der Waals surface area contributed by atoms with Gasteiger partial charge in [0.15, 0.2) is 0 Å². The molecule has 1 rings (SSSR count). The van der Waals surface area contributed by atoms with E-state index in [4.69, 9.17) is 9.63 Å². The van der Waals surface area contributed by atoms with Crippen LogP contribution in [-0.4, -0.2) is 35.2 Å². The number of aliphatic carboxylic acids is 1. The van der Waals surface area contributed by atoms with Crippen LogP contribution in [0.1, 0.15) is 24.7 Å². The number of aromatic nitrogens is 1. The first-order valence-corrected chi connectivity index (χ1v) is 4.69. The largest absolute Gasteiger partial charge is 0.481 e. The van der Waals surface area contributed by atoms with Gasteiger partial charge in [-0.15, -0.1) is 0 Å². The highest BCUT2D eigenvalue weighted by atomic mass is 16.5. The average molecular weight is 212 g/mol. The molecule has 0 radical (unpaired) electrons. The smallest absolute Gasteiger partial charge is 0.305 e. The van der Waals surface area contributed by atoms with Crippen LogP contribution in [0.4, 0.5) is 0 Å². The molecule has 1 atom stereocenters. The van der Waals surface area contributed by atoms with Gasteiger partial charge in [-0.1, -0.05) is 5.16 Å². The molecule has 0 saturated heterocycles. The predicted octanol–water partition coefficient (Wildman–Crippen LogP) is 1.23. The van der Waals surface area contributed by atoms with Crippen LogP contribution in [0.5, 0.6) is 0 Å². The third-order valence-corrected chi connectivity index (χ3v) is 2.81. The number of hydrogen-bond donors (Lipinski definition) is 1. The van der Waals surface area contributed by atoms with Gasteiger partial charge >= 0.3 is 5.97 Å². The molecule has 0 aliphatic rings. The van der Waals surface area contributed by atoms with Gasteiger partial charge < -0.3 is 9.63 Å². The van der Waals surface area contributed by atoms with Crippen molar-refractivity contribution < 1.29 is 14.4 Å². The predicted molar refractivity (Wildman–Crippen MR) is 54.5 cm³/mol. The highest BCUT2D eigenvalue weighted by Gasteiger charge is 2.35. The fourth-order valence-electron chi connectivity index (χ4n) is 1.61. The van der Waals surface area contributed by atoms with Crippen LogP contribution in [0.15, 0.2) is 10.7 Å². The summed E-state index contributed by atoms with van der Waals surface area (Å²) >= 11 is 0. The van der Waals surface area contributed by atoms with Crippen LogP contribution in [0.2, 0.25) is 0 Å². The summed E-state index contributed by atoms with van der Waals surface area (Å²) in [6.45, 7) is 3.65. The van der Waals surface area contributed by atoms with Crippen LogP contribution in [-0.2, 0) is 10.3 Å². The lowest BCUT2D eigenvalue weighted by Crippen LogP contribution is -2.40. The summed E-state index contributed by atoms with van der Waals surface area (Å²) in [4.78, 5) is 12.7. The maximum Gasteiger partial charge on any atom is 0.305 e. The molecule has 0 aliphatic carbocycles. The Hall–Kier alpha value is -1.36. The number of hydrogen-bond acceptors (Lipinski definition) is 4. The molecule has 0 fully saturated rings. The van der Waals surface area contributed by atoms with Gasteiger partial charge in [0, 0.05) is 5.56 Å². The van der Waals surface area contributed by atoms with Crippen molar-refractivity contribution in [3.05, 3.63) is 17.5 Å². The molecular formula is C10H16N2O3. The average Bonchev–Trinajstić information content (AvgIpc) is 2.49. The van der Waals surface area contributed by atoms with Crippen LogP contribution >= 0.6 is 0 Å². The van der Waals surface area contributed by atoms with E-state index in [0.717, 1.165) is 5.56 Å². The van der Waals surface area contributed by atoms with Gasteiger partial charge in [-0.05, 0) is 27.9 Å². The monoisotopic (exact) mass is 212 g/mol. The number of carboxylic acid groups (broad SMARTS) is 1. The van der Waals surface area contributed by atoms with Gasteiger partial charge in [0.1, 0.15) is 5.76 Å². The van der Waals surface area contributed by atoms with Gasteiger partial charge in [0.05, 0.1) is 18.2 Å². The second-order valence-electron chi connectivity index (χ2n) is 4.03. The molecule has 15 heavy (non-hydrogen) atoms. The second kappa shape index (κ2) is 4.02. The van der Waals surface area contributed by atoms with Crippen LogP contribution in [0, 0.1) is 6.92 Å². The zero-order valence-electron chi connectivity index (χ0n) is 9.44. The molecule has 5 nitrogen and oxygen atoms in total. The van der Waals surface area contributed by atoms with E-state index in [0.29, 0.717) is 5.76 Å². The normalized spacial score (nSPS) is 15.3. The first-order chi connectivity index (χ1) is 6.88. The zero-order valence-corrected chi connectivity index (χ0v) is 9.44. The molecule has 1 aromatic heterocycles. The maximum absolute atomic E-state index is 10.8. The highest BCUT2D eigenvalue weighted by Crippen LogP contribution is 2.31. The summed E-state index contributed by atoms with van der Waals surface area (Å²) in [5.41, 5.74) is 0.227. The Morgan fingerprint density at radius 3 is 2.60 bits per heavy atom. The van der Waals surface area contributed by atoms with E-state index in [2.05, 4.69) is 5.16 Å². The fourth-order valence-corrected chi connectivity index (χ4v) is 1.61. The highest BCUT2D eigenvalue weighted by molar-refractivity contribution is 5.68. The van der Waals surface area contributed by atoms with Crippen molar-refractivity contribution in [2.45, 2.75) is 25.8 Å². The van der Waals surface area contributed by atoms with Gasteiger partial charge in [-0.3, -0.25) is 9.69 Å². The quantitative estimate of drug-likeness (QED) is 0.813. The zero-order chi connectivity index (χ0) is 11.6. The molecule has 0 amide bonds. The molecule has 0 saturated carbocycles. The summed E-state index contributed by atoms with van der Waals surface area (Å²) in [6.07, 6.45) is 1.60. The van der Waals surface area contributed by atoms with Crippen molar-refractivity contribution >= 4 is 5.97 Å². The van der Waals surface area contributed by atoms with E-state index in [1.807, 2.05) is 25.9 Å². The first-order valence-electron chi connectivity index (χ1n) is 4.69. The second-order valence-corrected chi connectivity index (χ2v) is 4.03. The van der Waals surface area contributed by atoms with Gasteiger partial charge in [-0.2, -0.15) is 0 Å². The molecule has 1 aromatic rings. The van der Waals surface area contributed by atoms with Crippen LogP contribution < -0.4 is 0 Å². The minimum atomic E-state index is -0.841. The molecule has 1 N–H and O–H groups in total. The Balaban J connectivity index is 3.12. The van der Waals surface area contributed by atoms with Gasteiger partial charge in [0.25, 0.3) is 0 Å². The van der Waals surface area contributed by atoms with Crippen molar-refractivity contribution in [2.24, 2.45) is 0 Å². The molecule has 84 valence electrons. The fraction of sp³-hybridized carbons (Fsp3) is 0.600. The Kier molecular flexibility index (Phi) is 3.14. The maximum atomic E-state index is 10.8. The number of aryl methyl sites for hydroxylation is 1. The van der Waals surface area contributed by atoms with Crippen LogP contribution in [0.3, 0.4) is 0 Å². The Morgan fingerprint density at radius 1 is 1.67 bits per heavy atom. The summed E-state index contributed by atoms with van der Waals surface area (Å²) in [7, 11) is 3.69. The van der Waals surface area contributed by atoms with Crippen molar-refractivity contribution in [1.29, 1.82) is 0 Å². The molecule has 0 spiro atoms. The molecule has 0 aromatic carbocycles. The SMILES string of the molecule is Cc1oncc1C(C)(CC(=O)O)N(C)C. The van der Waals surface area contributed by atoms with E-state index in [1.54, 1.807) is 13.1 Å². The van der Waals surface area contributed by atoms with E-state index in [-0.39, 0.29) is 6.42 Å². The van der Waals surface area contributed by atoms with Crippen molar-refractivity contribution in [1.82, 2.24) is 10.1 Å². The molecule has 1 unspecified atom stereocenters. The van der Waals surface area contributed by atoms with E-state index in [1.165, 1.54) is 0 Å². The van der Waals surface area contributed by atoms with E-state index in [9.17, 15) is 4.79 Å². The van der Waals surface area contributed by atoms with Gasteiger partial charge in [0.2, 0.25) is 0 Å². The Bertz CT molecular complexity index is 359. The molecule has 5 heteroatoms. The van der Waals surface area contributed by atoms with E-state index < -0.39 is 11.5 Å². The number of rotatable bonds is 4. The number of carboxylic acids is 1. The lowest BCUT2D eigenvalue weighted by Gasteiger charge is -2.34. The molecule has 0 aliphatic heterocycles. The van der Waals surface area contributed by atoms with Crippen molar-refractivity contribution in [3.63, 3.8) is 0 Å². The minimum Gasteiger partial charge on any atom is -0.481 e. The summed E-state index contributed by atoms with van der Waals surface area (Å²) in [6, 6.07) is 0. The standard InChI is InChI=1S/C10H16N2O3/c1-7-8(6-11-15-7)10(2,12(3)4)5-9(13)14/h6H,5H2,1-4H3,(H,13,14). The van der Waals surface area contributed by atoms with E-state index >= 15 is 0 Å². The first kappa shape index (κ1) is 11.7. The molecular weight excluding hydrogens is 196 g/mol. The Morgan fingerprint density at radius 2 is 2.27 bits per heavy atom. The number of carbonyl (C=O) groups is 1. The third kappa shape index (κ3) is 2.18. The lowest BCUT2D eigenvalue weighted by molar-refractivity contribution is -0.140. The molecule has 1 heterocycles. The van der Waals surface area contributed by atoms with Gasteiger partial charge in [-0.25, -0.2) is 0 Å². The molecule has 0 bridgehead atoms. The summed E-state index contributed by atoms with van der Waals surface area (Å²) in [5, 5.41) is 12.6. The van der Waals surface area contributed by atoms with Crippen molar-refractivity contribution in [2.75, 3.05) is 14.1 Å². The minimum absolute atomic E-state index is 0.0159. The lowest BCUT2D eigenvalue weighted by atomic mass is 9.88. The van der Waals surface area contributed by atoms with Crippen molar-refractivity contribution in [3.8, 4) is 0 Å². The topological polar surface area (TPSA) is 66.6 Å². The summed E-state index contributed by atoms with van der Waals surface area (Å²) in [5.74, 6) is -0.181. The Labute approximate surface area is 88.7 Å². The van der Waals surface area contributed by atoms with Crippen LogP contribution in [0.25, 0.3) is 0 Å². The third-order valence-electron chi connectivity index (χ3n) is 2.81. The summed E-state index contributed by atoms with van der Waals surface area (Å²) < 4.78 is 4.97.